The third kappa shape index (κ3) is 2.91. The molecule has 0 N–H and O–H groups in total. The number of hydrogen-bond donors (Lipinski definition) is 0. The molecule has 0 aliphatic heterocycles. The Bertz CT molecular complexity index is 847. The lowest BCUT2D eigenvalue weighted by molar-refractivity contribution is -0.137. The number of benzene rings is 2. The average molecular weight is 320 g/mol. The maximum absolute atomic E-state index is 12.9. The fourth-order valence-electron chi connectivity index (χ4n) is 2.57. The van der Waals surface area contributed by atoms with Crippen molar-refractivity contribution in [1.82, 2.24) is 0 Å². The highest BCUT2D eigenvalue weighted by atomic mass is 19.4. The van der Waals surface area contributed by atoms with E-state index in [1.54, 1.807) is 13.2 Å². The molecule has 0 saturated heterocycles. The van der Waals surface area contributed by atoms with Gasteiger partial charge in [-0.25, -0.2) is 0 Å². The Hall–Kier alpha value is -2.43. The molecule has 2 nitrogen and oxygen atoms in total. The van der Waals surface area contributed by atoms with Crippen molar-refractivity contribution in [3.8, 4) is 17.1 Å². The van der Waals surface area contributed by atoms with Gasteiger partial charge in [0, 0.05) is 17.0 Å². The predicted octanol–water partition coefficient (Wildman–Crippen LogP) is 5.69. The molecule has 0 amide bonds. The minimum absolute atomic E-state index is 0.486. The smallest absolute Gasteiger partial charge is 0.416 e. The molecule has 1 heterocycles. The van der Waals surface area contributed by atoms with Gasteiger partial charge in [0.25, 0.3) is 0 Å². The maximum atomic E-state index is 12.9. The summed E-state index contributed by atoms with van der Waals surface area (Å²) >= 11 is 0. The van der Waals surface area contributed by atoms with Crippen LogP contribution in [0.15, 0.2) is 46.9 Å². The van der Waals surface area contributed by atoms with Gasteiger partial charge in [-0.2, -0.15) is 13.2 Å². The number of hydrogen-bond acceptors (Lipinski definition) is 2. The molecule has 0 bridgehead atoms. The molecule has 3 aromatic rings. The van der Waals surface area contributed by atoms with Crippen LogP contribution in [0.3, 0.4) is 0 Å². The summed E-state index contributed by atoms with van der Waals surface area (Å²) in [5.41, 5.74) is 1.28. The van der Waals surface area contributed by atoms with Gasteiger partial charge in [-0.1, -0.05) is 13.0 Å². The molecule has 0 atom stereocenters. The first kappa shape index (κ1) is 15.5. The van der Waals surface area contributed by atoms with Crippen LogP contribution >= 0.6 is 0 Å². The van der Waals surface area contributed by atoms with Crippen LogP contribution in [0.5, 0.6) is 5.75 Å². The molecule has 1 aromatic heterocycles. The summed E-state index contributed by atoms with van der Waals surface area (Å²) in [6.07, 6.45) is -3.86. The van der Waals surface area contributed by atoms with Crippen molar-refractivity contribution < 1.29 is 22.3 Å². The fourth-order valence-corrected chi connectivity index (χ4v) is 2.57. The van der Waals surface area contributed by atoms with E-state index in [0.29, 0.717) is 34.6 Å². The first-order valence-corrected chi connectivity index (χ1v) is 7.20. The fraction of sp³-hybridized carbons (Fsp3) is 0.222. The lowest BCUT2D eigenvalue weighted by Crippen LogP contribution is -2.05. The van der Waals surface area contributed by atoms with Gasteiger partial charge in [-0.05, 0) is 42.3 Å². The number of ether oxygens (including phenoxy) is 1. The molecule has 120 valence electrons. The van der Waals surface area contributed by atoms with Crippen LogP contribution in [-0.2, 0) is 12.6 Å². The number of aryl methyl sites for hydroxylation is 1. The van der Waals surface area contributed by atoms with E-state index < -0.39 is 11.7 Å². The van der Waals surface area contributed by atoms with Crippen molar-refractivity contribution in [3.05, 3.63) is 53.6 Å². The van der Waals surface area contributed by atoms with E-state index >= 15 is 0 Å². The van der Waals surface area contributed by atoms with E-state index in [-0.39, 0.29) is 0 Å². The largest absolute Gasteiger partial charge is 0.497 e. The molecule has 3 rings (SSSR count). The molecule has 5 heteroatoms. The van der Waals surface area contributed by atoms with Crippen LogP contribution in [0.4, 0.5) is 13.2 Å². The number of fused-ring (bicyclic) bond motifs is 1. The molecule has 0 aliphatic carbocycles. The predicted molar refractivity (Wildman–Crippen MR) is 82.6 cm³/mol. The lowest BCUT2D eigenvalue weighted by atomic mass is 9.99. The van der Waals surface area contributed by atoms with E-state index in [2.05, 4.69) is 0 Å². The van der Waals surface area contributed by atoms with Crippen molar-refractivity contribution in [2.75, 3.05) is 7.11 Å². The second-order valence-corrected chi connectivity index (χ2v) is 5.24. The van der Waals surface area contributed by atoms with Crippen molar-refractivity contribution in [2.24, 2.45) is 0 Å². The summed E-state index contributed by atoms with van der Waals surface area (Å²) in [6, 6.07) is 11.0. The van der Waals surface area contributed by atoms with E-state index in [4.69, 9.17) is 9.15 Å². The standard InChI is InChI=1S/C18H15F3O2/c1-3-11-8-13(18(19,20)21)5-7-15(11)17-9-12-4-6-14(22-2)10-16(12)23-17/h4-10H,3H2,1-2H3. The highest BCUT2D eigenvalue weighted by molar-refractivity contribution is 5.84. The average Bonchev–Trinajstić information content (AvgIpc) is 2.95. The Morgan fingerprint density at radius 3 is 2.48 bits per heavy atom. The van der Waals surface area contributed by atoms with Crippen molar-refractivity contribution in [2.45, 2.75) is 19.5 Å². The SMILES string of the molecule is CCc1cc(C(F)(F)F)ccc1-c1cc2ccc(OC)cc2o1. The van der Waals surface area contributed by atoms with Crippen LogP contribution in [0, 0.1) is 0 Å². The topological polar surface area (TPSA) is 22.4 Å². The van der Waals surface area contributed by atoms with Crippen LogP contribution in [0.2, 0.25) is 0 Å². The van der Waals surface area contributed by atoms with Crippen LogP contribution in [-0.4, -0.2) is 7.11 Å². The normalized spacial score (nSPS) is 11.9. The Kier molecular flexibility index (Phi) is 3.80. The van der Waals surface area contributed by atoms with Gasteiger partial charge in [-0.15, -0.1) is 0 Å². The number of alkyl halides is 3. The van der Waals surface area contributed by atoms with Gasteiger partial charge in [0.15, 0.2) is 0 Å². The minimum atomic E-state index is -4.34. The summed E-state index contributed by atoms with van der Waals surface area (Å²) in [6.45, 7) is 1.82. The molecular formula is C18H15F3O2. The van der Waals surface area contributed by atoms with Gasteiger partial charge in [0.1, 0.15) is 17.1 Å². The summed E-state index contributed by atoms with van der Waals surface area (Å²) < 4.78 is 49.5. The molecule has 0 radical (unpaired) electrons. The summed E-state index contributed by atoms with van der Waals surface area (Å²) in [4.78, 5) is 0. The number of furan rings is 1. The zero-order valence-electron chi connectivity index (χ0n) is 12.7. The number of rotatable bonds is 3. The second-order valence-electron chi connectivity index (χ2n) is 5.24. The van der Waals surface area contributed by atoms with Gasteiger partial charge in [0.2, 0.25) is 0 Å². The third-order valence-electron chi connectivity index (χ3n) is 3.81. The highest BCUT2D eigenvalue weighted by Crippen LogP contribution is 2.36. The maximum Gasteiger partial charge on any atom is 0.416 e. The summed E-state index contributed by atoms with van der Waals surface area (Å²) in [7, 11) is 1.57. The van der Waals surface area contributed by atoms with Crippen molar-refractivity contribution in [1.29, 1.82) is 0 Å². The number of methoxy groups -OCH3 is 1. The van der Waals surface area contributed by atoms with Gasteiger partial charge in [-0.3, -0.25) is 0 Å². The second kappa shape index (κ2) is 5.65. The van der Waals surface area contributed by atoms with E-state index in [9.17, 15) is 13.2 Å². The lowest BCUT2D eigenvalue weighted by Gasteiger charge is -2.11. The summed E-state index contributed by atoms with van der Waals surface area (Å²) in [5.74, 6) is 1.22. The Morgan fingerprint density at radius 2 is 1.83 bits per heavy atom. The van der Waals surface area contributed by atoms with Gasteiger partial charge in [0.05, 0.1) is 12.7 Å². The zero-order chi connectivity index (χ0) is 16.6. The van der Waals surface area contributed by atoms with Gasteiger partial charge < -0.3 is 9.15 Å². The van der Waals surface area contributed by atoms with Crippen LogP contribution in [0.1, 0.15) is 18.1 Å². The molecule has 0 saturated carbocycles. The van der Waals surface area contributed by atoms with E-state index in [1.807, 2.05) is 25.1 Å². The summed E-state index contributed by atoms with van der Waals surface area (Å²) in [5, 5.41) is 0.878. The molecule has 0 unspecified atom stereocenters. The molecule has 2 aromatic carbocycles. The highest BCUT2D eigenvalue weighted by Gasteiger charge is 2.31. The minimum Gasteiger partial charge on any atom is -0.497 e. The Balaban J connectivity index is 2.10. The van der Waals surface area contributed by atoms with Crippen LogP contribution in [0.25, 0.3) is 22.3 Å². The Morgan fingerprint density at radius 1 is 1.04 bits per heavy atom. The third-order valence-corrected chi connectivity index (χ3v) is 3.81. The number of halogens is 3. The molecular weight excluding hydrogens is 305 g/mol. The zero-order valence-corrected chi connectivity index (χ0v) is 12.7. The van der Waals surface area contributed by atoms with E-state index in [1.165, 1.54) is 12.1 Å². The van der Waals surface area contributed by atoms with Crippen molar-refractivity contribution in [3.63, 3.8) is 0 Å². The molecule has 0 aliphatic rings. The molecule has 0 fully saturated rings. The van der Waals surface area contributed by atoms with Crippen LogP contribution < -0.4 is 4.74 Å². The molecule has 23 heavy (non-hydrogen) atoms. The van der Waals surface area contributed by atoms with E-state index in [0.717, 1.165) is 11.5 Å². The first-order valence-electron chi connectivity index (χ1n) is 7.20. The molecule has 0 spiro atoms. The van der Waals surface area contributed by atoms with Crippen molar-refractivity contribution >= 4 is 11.0 Å². The first-order chi connectivity index (χ1) is 10.9. The van der Waals surface area contributed by atoms with Gasteiger partial charge >= 0.3 is 6.18 Å². The Labute approximate surface area is 131 Å². The quantitative estimate of drug-likeness (QED) is 0.618. The monoisotopic (exact) mass is 320 g/mol.